The fourth-order valence-corrected chi connectivity index (χ4v) is 3.63. The van der Waals surface area contributed by atoms with Crippen LogP contribution in [-0.4, -0.2) is 38.5 Å². The van der Waals surface area contributed by atoms with E-state index in [0.717, 1.165) is 11.4 Å². The number of carbonyl (C=O) groups excluding carboxylic acids is 1. The van der Waals surface area contributed by atoms with Crippen molar-refractivity contribution in [2.75, 3.05) is 29.0 Å². The summed E-state index contributed by atoms with van der Waals surface area (Å²) in [5.74, 6) is 0.379. The molecule has 0 bridgehead atoms. The number of anilines is 4. The highest BCUT2D eigenvalue weighted by molar-refractivity contribution is 7.92. The molecule has 0 atom stereocenters. The molecule has 0 saturated carbocycles. The zero-order valence-electron chi connectivity index (χ0n) is 16.2. The van der Waals surface area contributed by atoms with Gasteiger partial charge in [0.05, 0.1) is 16.8 Å². The van der Waals surface area contributed by atoms with Crippen molar-refractivity contribution < 1.29 is 13.2 Å². The maximum atomic E-state index is 12.6. The minimum Gasteiger partial charge on any atom is -0.376 e. The molecule has 29 heavy (non-hydrogen) atoms. The van der Waals surface area contributed by atoms with E-state index in [0.29, 0.717) is 17.1 Å². The van der Waals surface area contributed by atoms with Crippen LogP contribution >= 0.6 is 0 Å². The normalized spacial score (nSPS) is 11.0. The summed E-state index contributed by atoms with van der Waals surface area (Å²) < 4.78 is 27.7. The Bertz CT molecular complexity index is 1130. The van der Waals surface area contributed by atoms with Crippen molar-refractivity contribution >= 4 is 38.7 Å². The number of benzene rings is 2. The van der Waals surface area contributed by atoms with E-state index in [9.17, 15) is 13.2 Å². The highest BCUT2D eigenvalue weighted by Crippen LogP contribution is 2.22. The quantitative estimate of drug-likeness (QED) is 0.575. The maximum absolute atomic E-state index is 12.6. The lowest BCUT2D eigenvalue weighted by Gasteiger charge is -2.13. The van der Waals surface area contributed by atoms with Gasteiger partial charge in [0, 0.05) is 37.1 Å². The average molecular weight is 411 g/mol. The van der Waals surface area contributed by atoms with Crippen molar-refractivity contribution in [3.8, 4) is 0 Å². The van der Waals surface area contributed by atoms with Crippen LogP contribution in [-0.2, 0) is 10.0 Å². The van der Waals surface area contributed by atoms with Crippen molar-refractivity contribution in [3.05, 3.63) is 66.4 Å². The fourth-order valence-electron chi connectivity index (χ4n) is 2.53. The molecule has 0 aliphatic heterocycles. The van der Waals surface area contributed by atoms with Gasteiger partial charge in [0.25, 0.3) is 10.0 Å². The number of ketones is 1. The van der Waals surface area contributed by atoms with E-state index in [1.54, 1.807) is 42.6 Å². The van der Waals surface area contributed by atoms with Crippen molar-refractivity contribution in [1.29, 1.82) is 0 Å². The van der Waals surface area contributed by atoms with E-state index >= 15 is 0 Å². The van der Waals surface area contributed by atoms with Crippen molar-refractivity contribution in [1.82, 2.24) is 10.2 Å². The molecule has 3 aromatic rings. The molecule has 0 saturated heterocycles. The third kappa shape index (κ3) is 5.08. The van der Waals surface area contributed by atoms with Gasteiger partial charge in [-0.3, -0.25) is 9.52 Å². The van der Waals surface area contributed by atoms with E-state index in [4.69, 9.17) is 0 Å². The zero-order chi connectivity index (χ0) is 21.0. The van der Waals surface area contributed by atoms with E-state index in [1.165, 1.54) is 19.1 Å². The van der Waals surface area contributed by atoms with Crippen LogP contribution in [0.1, 0.15) is 17.3 Å². The van der Waals surface area contributed by atoms with Crippen LogP contribution in [0.5, 0.6) is 0 Å². The first-order chi connectivity index (χ1) is 13.7. The number of nitrogens with one attached hydrogen (secondary N) is 2. The Morgan fingerprint density at radius 2 is 1.69 bits per heavy atom. The number of carbonyl (C=O) groups is 1. The van der Waals surface area contributed by atoms with Gasteiger partial charge in [0.1, 0.15) is 0 Å². The summed E-state index contributed by atoms with van der Waals surface area (Å²) in [7, 11) is 0.0143. The molecule has 150 valence electrons. The third-order valence-corrected chi connectivity index (χ3v) is 5.50. The van der Waals surface area contributed by atoms with Gasteiger partial charge in [-0.15, -0.1) is 5.10 Å². The molecular formula is C20H21N5O3S. The predicted octanol–water partition coefficient (Wildman–Crippen LogP) is 3.29. The minimum atomic E-state index is -3.81. The summed E-state index contributed by atoms with van der Waals surface area (Å²) in [4.78, 5) is 13.4. The first kappa shape index (κ1) is 20.3. The molecule has 8 nitrogen and oxygen atoms in total. The molecule has 0 unspecified atom stereocenters. The average Bonchev–Trinajstić information content (AvgIpc) is 2.69. The number of Topliss-reactive ketones (excluding diaryl/α,β-unsaturated/α-hetero) is 1. The lowest BCUT2D eigenvalue weighted by molar-refractivity contribution is 0.101. The molecule has 3 rings (SSSR count). The number of aromatic nitrogens is 2. The molecule has 0 amide bonds. The van der Waals surface area contributed by atoms with Crippen LogP contribution in [0.2, 0.25) is 0 Å². The van der Waals surface area contributed by atoms with Crippen LogP contribution in [0.4, 0.5) is 22.9 Å². The third-order valence-electron chi connectivity index (χ3n) is 4.12. The minimum absolute atomic E-state index is 0.0307. The Labute approximate surface area is 169 Å². The van der Waals surface area contributed by atoms with Gasteiger partial charge >= 0.3 is 0 Å². The van der Waals surface area contributed by atoms with E-state index < -0.39 is 10.0 Å². The summed E-state index contributed by atoms with van der Waals surface area (Å²) in [5.41, 5.74) is 2.38. The Morgan fingerprint density at radius 1 is 1.00 bits per heavy atom. The fraction of sp³-hybridized carbons (Fsp3) is 0.150. The molecule has 0 fully saturated rings. The summed E-state index contributed by atoms with van der Waals surface area (Å²) in [6, 6.07) is 14.5. The van der Waals surface area contributed by atoms with Crippen LogP contribution < -0.4 is 14.9 Å². The van der Waals surface area contributed by atoms with Gasteiger partial charge < -0.3 is 10.2 Å². The van der Waals surface area contributed by atoms with E-state index in [-0.39, 0.29) is 10.7 Å². The van der Waals surface area contributed by atoms with E-state index in [2.05, 4.69) is 20.2 Å². The molecule has 1 heterocycles. The zero-order valence-corrected chi connectivity index (χ0v) is 17.1. The van der Waals surface area contributed by atoms with E-state index in [1.807, 2.05) is 25.1 Å². The standard InChI is InChI=1S/C20H21N5O3S/c1-14(26)15-5-4-6-19(11-15)29(27,28)24-17-9-7-16(8-10-17)22-20-12-18(25(2)3)13-21-23-20/h4-13,24H,1-3H3,(H,22,23). The molecular weight excluding hydrogens is 390 g/mol. The largest absolute Gasteiger partial charge is 0.376 e. The number of nitrogens with zero attached hydrogens (tertiary/aromatic N) is 3. The smallest absolute Gasteiger partial charge is 0.261 e. The highest BCUT2D eigenvalue weighted by Gasteiger charge is 2.15. The Hall–Kier alpha value is -3.46. The van der Waals surface area contributed by atoms with Crippen molar-refractivity contribution in [2.45, 2.75) is 11.8 Å². The molecule has 0 aliphatic rings. The van der Waals surface area contributed by atoms with Crippen LogP contribution in [0, 0.1) is 0 Å². The van der Waals surface area contributed by atoms with Crippen molar-refractivity contribution in [2.24, 2.45) is 0 Å². The summed E-state index contributed by atoms with van der Waals surface area (Å²) in [6.07, 6.45) is 1.66. The molecule has 0 radical (unpaired) electrons. The van der Waals surface area contributed by atoms with Gasteiger partial charge in [-0.05, 0) is 43.3 Å². The number of hydrogen-bond acceptors (Lipinski definition) is 7. The lowest BCUT2D eigenvalue weighted by atomic mass is 10.2. The molecule has 0 aliphatic carbocycles. The van der Waals surface area contributed by atoms with Gasteiger partial charge in [-0.2, -0.15) is 5.10 Å². The first-order valence-electron chi connectivity index (χ1n) is 8.75. The second-order valence-corrected chi connectivity index (χ2v) is 8.27. The van der Waals surface area contributed by atoms with Crippen LogP contribution in [0.15, 0.2) is 65.7 Å². The molecule has 0 spiro atoms. The Balaban J connectivity index is 1.74. The number of rotatable bonds is 7. The van der Waals surface area contributed by atoms with Gasteiger partial charge in [-0.1, -0.05) is 12.1 Å². The van der Waals surface area contributed by atoms with Gasteiger partial charge in [0.2, 0.25) is 0 Å². The Morgan fingerprint density at radius 3 is 2.34 bits per heavy atom. The monoisotopic (exact) mass is 411 g/mol. The molecule has 9 heteroatoms. The Kier molecular flexibility index (Phi) is 5.79. The molecule has 2 N–H and O–H groups in total. The topological polar surface area (TPSA) is 104 Å². The van der Waals surface area contributed by atoms with Gasteiger partial charge in [-0.25, -0.2) is 8.42 Å². The summed E-state index contributed by atoms with van der Waals surface area (Å²) in [6.45, 7) is 1.39. The predicted molar refractivity (Wildman–Crippen MR) is 113 cm³/mol. The van der Waals surface area contributed by atoms with Crippen LogP contribution in [0.25, 0.3) is 0 Å². The highest BCUT2D eigenvalue weighted by atomic mass is 32.2. The summed E-state index contributed by atoms with van der Waals surface area (Å²) >= 11 is 0. The number of hydrogen-bond donors (Lipinski definition) is 2. The lowest BCUT2D eigenvalue weighted by Crippen LogP contribution is -2.13. The second-order valence-electron chi connectivity index (χ2n) is 6.59. The second kappa shape index (κ2) is 8.27. The van der Waals surface area contributed by atoms with Gasteiger partial charge in [0.15, 0.2) is 11.6 Å². The summed E-state index contributed by atoms with van der Waals surface area (Å²) in [5, 5.41) is 11.1. The first-order valence-corrected chi connectivity index (χ1v) is 10.2. The van der Waals surface area contributed by atoms with Crippen molar-refractivity contribution in [3.63, 3.8) is 0 Å². The molecule has 2 aromatic carbocycles. The molecule has 1 aromatic heterocycles. The van der Waals surface area contributed by atoms with Crippen LogP contribution in [0.3, 0.4) is 0 Å². The SMILES string of the molecule is CC(=O)c1cccc(S(=O)(=O)Nc2ccc(Nc3cc(N(C)C)cnn3)cc2)c1. The number of sulfonamides is 1. The maximum Gasteiger partial charge on any atom is 0.261 e.